The van der Waals surface area contributed by atoms with Crippen LogP contribution in [0.25, 0.3) is 5.65 Å². The van der Waals surface area contributed by atoms with E-state index in [0.29, 0.717) is 24.6 Å². The molecule has 120 valence electrons. The van der Waals surface area contributed by atoms with Gasteiger partial charge < -0.3 is 10.1 Å². The molecule has 1 N–H and O–H groups in total. The van der Waals surface area contributed by atoms with E-state index in [-0.39, 0.29) is 17.3 Å². The Morgan fingerprint density at radius 3 is 2.73 bits per heavy atom. The first-order valence-corrected chi connectivity index (χ1v) is 7.46. The highest BCUT2D eigenvalue weighted by Crippen LogP contribution is 2.20. The second kappa shape index (κ2) is 6.29. The van der Waals surface area contributed by atoms with Gasteiger partial charge in [-0.3, -0.25) is 4.79 Å². The van der Waals surface area contributed by atoms with Gasteiger partial charge in [0.05, 0.1) is 12.5 Å². The zero-order chi connectivity index (χ0) is 16.3. The molecule has 0 amide bonds. The van der Waals surface area contributed by atoms with Crippen LogP contribution in [-0.4, -0.2) is 38.9 Å². The van der Waals surface area contributed by atoms with Crippen molar-refractivity contribution in [1.29, 1.82) is 0 Å². The second-order valence-corrected chi connectivity index (χ2v) is 6.30. The van der Waals surface area contributed by atoms with E-state index in [1.54, 1.807) is 11.4 Å². The average Bonchev–Trinajstić information content (AvgIpc) is 2.88. The van der Waals surface area contributed by atoms with Crippen molar-refractivity contribution in [3.63, 3.8) is 0 Å². The zero-order valence-electron chi connectivity index (χ0n) is 13.8. The standard InChI is InChI=1S/C15H23N5O2/c1-6-22-13(21)10(2)9-16-11-7-8-12-17-18-14(15(3,4)5)20(12)19-11/h7-8,10H,6,9H2,1-5H3,(H,16,19). The number of nitrogens with one attached hydrogen (secondary N) is 1. The number of esters is 1. The maximum absolute atomic E-state index is 11.6. The molecule has 2 rings (SSSR count). The van der Waals surface area contributed by atoms with Crippen LogP contribution in [0, 0.1) is 5.92 Å². The molecule has 0 aliphatic carbocycles. The fourth-order valence-electron chi connectivity index (χ4n) is 1.98. The SMILES string of the molecule is CCOC(=O)C(C)CNc1ccc2nnc(C(C)(C)C)n2n1. The molecule has 2 heterocycles. The van der Waals surface area contributed by atoms with Crippen LogP contribution in [-0.2, 0) is 14.9 Å². The molecule has 0 radical (unpaired) electrons. The second-order valence-electron chi connectivity index (χ2n) is 6.30. The van der Waals surface area contributed by atoms with Gasteiger partial charge in [-0.15, -0.1) is 15.3 Å². The van der Waals surface area contributed by atoms with Crippen LogP contribution in [0.3, 0.4) is 0 Å². The fourth-order valence-corrected chi connectivity index (χ4v) is 1.98. The van der Waals surface area contributed by atoms with Crippen LogP contribution < -0.4 is 5.32 Å². The van der Waals surface area contributed by atoms with Crippen molar-refractivity contribution in [1.82, 2.24) is 19.8 Å². The van der Waals surface area contributed by atoms with Crippen molar-refractivity contribution in [2.75, 3.05) is 18.5 Å². The Labute approximate surface area is 130 Å². The normalized spacial score (nSPS) is 13.1. The molecule has 0 fully saturated rings. The third-order valence-electron chi connectivity index (χ3n) is 3.21. The monoisotopic (exact) mass is 305 g/mol. The summed E-state index contributed by atoms with van der Waals surface area (Å²) in [7, 11) is 0. The van der Waals surface area contributed by atoms with Crippen molar-refractivity contribution < 1.29 is 9.53 Å². The van der Waals surface area contributed by atoms with Gasteiger partial charge in [-0.2, -0.15) is 4.52 Å². The minimum atomic E-state index is -0.236. The van der Waals surface area contributed by atoms with E-state index < -0.39 is 0 Å². The minimum Gasteiger partial charge on any atom is -0.466 e. The van der Waals surface area contributed by atoms with Crippen LogP contribution >= 0.6 is 0 Å². The number of ether oxygens (including phenoxy) is 1. The Morgan fingerprint density at radius 1 is 1.36 bits per heavy atom. The van der Waals surface area contributed by atoms with Gasteiger partial charge in [0.2, 0.25) is 0 Å². The van der Waals surface area contributed by atoms with Crippen molar-refractivity contribution in [3.8, 4) is 0 Å². The molecule has 1 atom stereocenters. The number of fused-ring (bicyclic) bond motifs is 1. The van der Waals surface area contributed by atoms with Crippen LogP contribution in [0.5, 0.6) is 0 Å². The molecule has 7 heteroatoms. The summed E-state index contributed by atoms with van der Waals surface area (Å²) < 4.78 is 6.72. The summed E-state index contributed by atoms with van der Waals surface area (Å²) in [6.07, 6.45) is 0. The van der Waals surface area contributed by atoms with Gasteiger partial charge in [0.15, 0.2) is 11.5 Å². The minimum absolute atomic E-state index is 0.150. The maximum atomic E-state index is 11.6. The molecule has 2 aromatic heterocycles. The van der Waals surface area contributed by atoms with E-state index in [0.717, 1.165) is 5.82 Å². The van der Waals surface area contributed by atoms with Crippen LogP contribution in [0.4, 0.5) is 5.82 Å². The Bertz CT molecular complexity index is 659. The summed E-state index contributed by atoms with van der Waals surface area (Å²) >= 11 is 0. The fraction of sp³-hybridized carbons (Fsp3) is 0.600. The third kappa shape index (κ3) is 3.52. The highest BCUT2D eigenvalue weighted by Gasteiger charge is 2.22. The maximum Gasteiger partial charge on any atom is 0.310 e. The lowest BCUT2D eigenvalue weighted by atomic mass is 9.96. The molecule has 7 nitrogen and oxygen atoms in total. The Balaban J connectivity index is 2.14. The van der Waals surface area contributed by atoms with E-state index in [1.807, 2.05) is 19.1 Å². The van der Waals surface area contributed by atoms with Gasteiger partial charge in [0, 0.05) is 12.0 Å². The summed E-state index contributed by atoms with van der Waals surface area (Å²) in [6.45, 7) is 10.7. The van der Waals surface area contributed by atoms with Crippen molar-refractivity contribution in [2.24, 2.45) is 5.92 Å². The highest BCUT2D eigenvalue weighted by molar-refractivity contribution is 5.72. The largest absolute Gasteiger partial charge is 0.466 e. The number of anilines is 1. The number of nitrogens with zero attached hydrogens (tertiary/aromatic N) is 4. The molecule has 0 aliphatic heterocycles. The van der Waals surface area contributed by atoms with Gasteiger partial charge in [-0.25, -0.2) is 0 Å². The lowest BCUT2D eigenvalue weighted by Gasteiger charge is -2.16. The molecular weight excluding hydrogens is 282 g/mol. The molecule has 0 saturated carbocycles. The number of carbonyl (C=O) groups is 1. The molecule has 0 saturated heterocycles. The summed E-state index contributed by atoms with van der Waals surface area (Å²) in [5, 5.41) is 16.0. The Morgan fingerprint density at radius 2 is 2.09 bits per heavy atom. The lowest BCUT2D eigenvalue weighted by molar-refractivity contribution is -0.146. The molecular formula is C15H23N5O2. The van der Waals surface area contributed by atoms with Gasteiger partial charge in [-0.1, -0.05) is 27.7 Å². The smallest absolute Gasteiger partial charge is 0.310 e. The Kier molecular flexibility index (Phi) is 4.63. The van der Waals surface area contributed by atoms with Crippen LogP contribution in [0.1, 0.15) is 40.4 Å². The molecule has 0 aliphatic rings. The number of rotatable bonds is 5. The average molecular weight is 305 g/mol. The van der Waals surface area contributed by atoms with Gasteiger partial charge in [0.25, 0.3) is 0 Å². The molecule has 22 heavy (non-hydrogen) atoms. The lowest BCUT2D eigenvalue weighted by Crippen LogP contribution is -2.23. The van der Waals surface area contributed by atoms with Crippen molar-refractivity contribution >= 4 is 17.4 Å². The summed E-state index contributed by atoms with van der Waals surface area (Å²) in [4.78, 5) is 11.6. The van der Waals surface area contributed by atoms with Gasteiger partial charge in [0.1, 0.15) is 5.82 Å². The molecule has 0 bridgehead atoms. The van der Waals surface area contributed by atoms with E-state index in [9.17, 15) is 4.79 Å². The zero-order valence-corrected chi connectivity index (χ0v) is 13.8. The topological polar surface area (TPSA) is 81.4 Å². The van der Waals surface area contributed by atoms with Gasteiger partial charge in [-0.05, 0) is 19.1 Å². The van der Waals surface area contributed by atoms with Crippen molar-refractivity contribution in [2.45, 2.75) is 40.0 Å². The number of carbonyl (C=O) groups excluding carboxylic acids is 1. The van der Waals surface area contributed by atoms with E-state index in [1.165, 1.54) is 0 Å². The summed E-state index contributed by atoms with van der Waals surface area (Å²) in [5.41, 5.74) is 0.553. The number of hydrogen-bond donors (Lipinski definition) is 1. The number of aromatic nitrogens is 4. The highest BCUT2D eigenvalue weighted by atomic mass is 16.5. The molecule has 1 unspecified atom stereocenters. The van der Waals surface area contributed by atoms with Crippen LogP contribution in [0.15, 0.2) is 12.1 Å². The summed E-state index contributed by atoms with van der Waals surface area (Å²) in [5.74, 6) is 1.02. The first-order chi connectivity index (χ1) is 10.3. The molecule has 0 spiro atoms. The third-order valence-corrected chi connectivity index (χ3v) is 3.21. The molecule has 2 aromatic rings. The quantitative estimate of drug-likeness (QED) is 0.851. The van der Waals surface area contributed by atoms with Gasteiger partial charge >= 0.3 is 5.97 Å². The first-order valence-electron chi connectivity index (χ1n) is 7.46. The van der Waals surface area contributed by atoms with E-state index >= 15 is 0 Å². The van der Waals surface area contributed by atoms with Crippen molar-refractivity contribution in [3.05, 3.63) is 18.0 Å². The van der Waals surface area contributed by atoms with E-state index in [4.69, 9.17) is 4.74 Å². The van der Waals surface area contributed by atoms with Crippen LogP contribution in [0.2, 0.25) is 0 Å². The number of hydrogen-bond acceptors (Lipinski definition) is 6. The predicted molar refractivity (Wildman–Crippen MR) is 83.8 cm³/mol. The first kappa shape index (κ1) is 16.2. The predicted octanol–water partition coefficient (Wildman–Crippen LogP) is 2.03. The molecule has 0 aromatic carbocycles. The Hall–Kier alpha value is -2.18. The van der Waals surface area contributed by atoms with E-state index in [2.05, 4.69) is 41.4 Å². The summed E-state index contributed by atoms with van der Waals surface area (Å²) in [6, 6.07) is 3.68.